The Hall–Kier alpha value is -0.120. The first kappa shape index (κ1) is 9.96. The molecule has 0 spiro atoms. The molecule has 3 heteroatoms. The molecule has 3 N–H and O–H groups in total. The first-order chi connectivity index (χ1) is 5.72. The lowest BCUT2D eigenvalue weighted by atomic mass is 9.76. The van der Waals surface area contributed by atoms with Crippen LogP contribution in [0.1, 0.15) is 19.3 Å². The maximum Gasteiger partial charge on any atom is 0.0488 e. The number of aliphatic hydroxyl groups excluding tert-OH is 1. The predicted octanol–water partition coefficient (Wildman–Crippen LogP) is 0.0395. The van der Waals surface area contributed by atoms with E-state index in [0.29, 0.717) is 13.2 Å². The second-order valence-electron chi connectivity index (χ2n) is 4.00. The molecule has 1 fully saturated rings. The van der Waals surface area contributed by atoms with E-state index in [1.54, 1.807) is 0 Å². The third kappa shape index (κ3) is 2.19. The smallest absolute Gasteiger partial charge is 0.0488 e. The Morgan fingerprint density at radius 2 is 2.00 bits per heavy atom. The quantitative estimate of drug-likeness (QED) is 0.632. The number of hydrogen-bond donors (Lipinski definition) is 2. The van der Waals surface area contributed by atoms with E-state index in [1.165, 1.54) is 0 Å². The van der Waals surface area contributed by atoms with E-state index < -0.39 is 0 Å². The van der Waals surface area contributed by atoms with Gasteiger partial charge < -0.3 is 15.7 Å². The molecule has 0 unspecified atom stereocenters. The highest BCUT2D eigenvalue weighted by Gasteiger charge is 2.31. The molecule has 0 amide bonds. The fourth-order valence-electron chi connectivity index (χ4n) is 1.89. The Morgan fingerprint density at radius 3 is 2.42 bits per heavy atom. The van der Waals surface area contributed by atoms with Gasteiger partial charge in [-0.15, -0.1) is 0 Å². The van der Waals surface area contributed by atoms with Crippen LogP contribution in [0.4, 0.5) is 0 Å². The summed E-state index contributed by atoms with van der Waals surface area (Å²) in [6.45, 7) is 3.20. The summed E-state index contributed by atoms with van der Waals surface area (Å²) in [4.78, 5) is 2.31. The Kier molecular flexibility index (Phi) is 3.50. The fraction of sp³-hybridized carbons (Fsp3) is 1.00. The summed E-state index contributed by atoms with van der Waals surface area (Å²) in [7, 11) is 2.13. The summed E-state index contributed by atoms with van der Waals surface area (Å²) in [5.74, 6) is 0. The van der Waals surface area contributed by atoms with Crippen molar-refractivity contribution in [3.8, 4) is 0 Å². The van der Waals surface area contributed by atoms with Gasteiger partial charge in [0.25, 0.3) is 0 Å². The molecule has 0 bridgehead atoms. The van der Waals surface area contributed by atoms with E-state index >= 15 is 0 Å². The standard InChI is InChI=1S/C9H20N2O/c1-11-6-3-9(8-12,2-5-10)4-7-11/h12H,2-8,10H2,1H3. The molecule has 1 rings (SSSR count). The summed E-state index contributed by atoms with van der Waals surface area (Å²) in [6.07, 6.45) is 3.16. The second kappa shape index (κ2) is 4.21. The first-order valence-electron chi connectivity index (χ1n) is 4.72. The van der Waals surface area contributed by atoms with Gasteiger partial charge >= 0.3 is 0 Å². The molecular formula is C9H20N2O. The van der Waals surface area contributed by atoms with Crippen molar-refractivity contribution in [3.63, 3.8) is 0 Å². The molecule has 0 saturated carbocycles. The van der Waals surface area contributed by atoms with Crippen molar-refractivity contribution in [2.75, 3.05) is 33.3 Å². The van der Waals surface area contributed by atoms with Crippen LogP contribution in [0.3, 0.4) is 0 Å². The van der Waals surface area contributed by atoms with E-state index in [9.17, 15) is 5.11 Å². The highest BCUT2D eigenvalue weighted by Crippen LogP contribution is 2.33. The minimum Gasteiger partial charge on any atom is -0.396 e. The Labute approximate surface area is 74.5 Å². The zero-order chi connectivity index (χ0) is 9.03. The third-order valence-corrected chi connectivity index (χ3v) is 3.06. The molecule has 0 aromatic rings. The molecule has 0 aliphatic carbocycles. The summed E-state index contributed by atoms with van der Waals surface area (Å²) in [5, 5.41) is 9.28. The highest BCUT2D eigenvalue weighted by molar-refractivity contribution is 4.84. The van der Waals surface area contributed by atoms with Crippen LogP contribution < -0.4 is 5.73 Å². The van der Waals surface area contributed by atoms with Gasteiger partial charge in [-0.1, -0.05) is 0 Å². The molecule has 1 heterocycles. The van der Waals surface area contributed by atoms with Crippen molar-refractivity contribution in [2.45, 2.75) is 19.3 Å². The number of hydrogen-bond acceptors (Lipinski definition) is 3. The summed E-state index contributed by atoms with van der Waals surface area (Å²) < 4.78 is 0. The van der Waals surface area contributed by atoms with Crippen molar-refractivity contribution in [1.29, 1.82) is 0 Å². The number of likely N-dealkylation sites (tertiary alicyclic amines) is 1. The Balaban J connectivity index is 2.45. The topological polar surface area (TPSA) is 49.5 Å². The second-order valence-corrected chi connectivity index (χ2v) is 4.00. The zero-order valence-electron chi connectivity index (χ0n) is 7.92. The van der Waals surface area contributed by atoms with Crippen molar-refractivity contribution in [2.24, 2.45) is 11.1 Å². The minimum absolute atomic E-state index is 0.140. The molecule has 72 valence electrons. The number of piperidine rings is 1. The lowest BCUT2D eigenvalue weighted by Gasteiger charge is -2.39. The van der Waals surface area contributed by atoms with Gasteiger partial charge in [0.2, 0.25) is 0 Å². The van der Waals surface area contributed by atoms with Gasteiger partial charge in [-0.25, -0.2) is 0 Å². The average molecular weight is 172 g/mol. The zero-order valence-corrected chi connectivity index (χ0v) is 7.92. The van der Waals surface area contributed by atoms with Crippen molar-refractivity contribution < 1.29 is 5.11 Å². The SMILES string of the molecule is CN1CCC(CO)(CCN)CC1. The van der Waals surface area contributed by atoms with Gasteiger partial charge in [-0.05, 0) is 51.4 Å². The Bertz CT molecular complexity index is 130. The van der Waals surface area contributed by atoms with Gasteiger partial charge in [0.15, 0.2) is 0 Å². The number of nitrogens with zero attached hydrogens (tertiary/aromatic N) is 1. The number of nitrogens with two attached hydrogens (primary N) is 1. The first-order valence-corrected chi connectivity index (χ1v) is 4.72. The van der Waals surface area contributed by atoms with Crippen LogP contribution in [0.25, 0.3) is 0 Å². The monoisotopic (exact) mass is 172 g/mol. The summed E-state index contributed by atoms with van der Waals surface area (Å²) >= 11 is 0. The van der Waals surface area contributed by atoms with E-state index in [1.807, 2.05) is 0 Å². The van der Waals surface area contributed by atoms with E-state index in [-0.39, 0.29) is 5.41 Å². The molecule has 1 aliphatic rings. The number of aliphatic hydroxyl groups is 1. The maximum absolute atomic E-state index is 9.28. The molecule has 0 aromatic carbocycles. The van der Waals surface area contributed by atoms with Gasteiger partial charge in [-0.2, -0.15) is 0 Å². The summed E-state index contributed by atoms with van der Waals surface area (Å²) in [6, 6.07) is 0. The van der Waals surface area contributed by atoms with E-state index in [4.69, 9.17) is 5.73 Å². The van der Waals surface area contributed by atoms with Crippen molar-refractivity contribution in [3.05, 3.63) is 0 Å². The molecule has 0 atom stereocenters. The van der Waals surface area contributed by atoms with Gasteiger partial charge in [-0.3, -0.25) is 0 Å². The summed E-state index contributed by atoms with van der Waals surface area (Å²) in [5.41, 5.74) is 5.67. The van der Waals surface area contributed by atoms with E-state index in [2.05, 4.69) is 11.9 Å². The number of rotatable bonds is 3. The highest BCUT2D eigenvalue weighted by atomic mass is 16.3. The van der Waals surface area contributed by atoms with Crippen LogP contribution >= 0.6 is 0 Å². The molecule has 12 heavy (non-hydrogen) atoms. The maximum atomic E-state index is 9.28. The van der Waals surface area contributed by atoms with Crippen LogP contribution in [0.5, 0.6) is 0 Å². The van der Waals surface area contributed by atoms with Gasteiger partial charge in [0.05, 0.1) is 0 Å². The van der Waals surface area contributed by atoms with Crippen LogP contribution in [-0.4, -0.2) is 43.3 Å². The Morgan fingerprint density at radius 1 is 1.42 bits per heavy atom. The molecule has 0 aromatic heterocycles. The lowest BCUT2D eigenvalue weighted by Crippen LogP contribution is -2.41. The molecule has 1 saturated heterocycles. The predicted molar refractivity (Wildman–Crippen MR) is 49.9 cm³/mol. The normalized spacial score (nSPS) is 24.2. The average Bonchev–Trinajstić information content (AvgIpc) is 2.10. The lowest BCUT2D eigenvalue weighted by molar-refractivity contribution is 0.0478. The van der Waals surface area contributed by atoms with Gasteiger partial charge in [0, 0.05) is 6.61 Å². The van der Waals surface area contributed by atoms with Crippen LogP contribution in [0.2, 0.25) is 0 Å². The van der Waals surface area contributed by atoms with E-state index in [0.717, 1.165) is 32.4 Å². The van der Waals surface area contributed by atoms with Gasteiger partial charge in [0.1, 0.15) is 0 Å². The van der Waals surface area contributed by atoms with Crippen LogP contribution in [0.15, 0.2) is 0 Å². The van der Waals surface area contributed by atoms with Crippen molar-refractivity contribution in [1.82, 2.24) is 4.90 Å². The van der Waals surface area contributed by atoms with Crippen LogP contribution in [-0.2, 0) is 0 Å². The third-order valence-electron chi connectivity index (χ3n) is 3.06. The molecule has 3 nitrogen and oxygen atoms in total. The molecule has 1 aliphatic heterocycles. The largest absolute Gasteiger partial charge is 0.396 e. The van der Waals surface area contributed by atoms with Crippen LogP contribution in [0, 0.1) is 5.41 Å². The minimum atomic E-state index is 0.140. The van der Waals surface area contributed by atoms with Crippen molar-refractivity contribution >= 4 is 0 Å². The molecule has 0 radical (unpaired) electrons. The fourth-order valence-corrected chi connectivity index (χ4v) is 1.89. The molecular weight excluding hydrogens is 152 g/mol.